The summed E-state index contributed by atoms with van der Waals surface area (Å²) < 4.78 is 33.6. The van der Waals surface area contributed by atoms with Gasteiger partial charge in [-0.05, 0) is 66.8 Å². The molecule has 0 bridgehead atoms. The van der Waals surface area contributed by atoms with Gasteiger partial charge in [-0.3, -0.25) is 4.79 Å². The van der Waals surface area contributed by atoms with Gasteiger partial charge in [0.2, 0.25) is 5.91 Å². The molecule has 1 N–H and O–H groups in total. The summed E-state index contributed by atoms with van der Waals surface area (Å²) in [6.45, 7) is 7.64. The van der Waals surface area contributed by atoms with Crippen molar-refractivity contribution in [3.8, 4) is 0 Å². The van der Waals surface area contributed by atoms with E-state index in [1.54, 1.807) is 19.9 Å². The van der Waals surface area contributed by atoms with Crippen molar-refractivity contribution in [2.75, 3.05) is 5.32 Å². The van der Waals surface area contributed by atoms with Gasteiger partial charge in [-0.15, -0.1) is 0 Å². The third kappa shape index (κ3) is 5.61. The number of rotatable bonds is 7. The van der Waals surface area contributed by atoms with Crippen molar-refractivity contribution in [1.29, 1.82) is 0 Å². The molecule has 0 unspecified atom stereocenters. The third-order valence-corrected chi connectivity index (χ3v) is 6.06. The van der Waals surface area contributed by atoms with E-state index in [9.17, 15) is 13.2 Å². The van der Waals surface area contributed by atoms with Gasteiger partial charge in [0, 0.05) is 11.8 Å². The molecule has 1 amide bonds. The number of hydrogen-bond donors (Lipinski definition) is 1. The Hall–Kier alpha value is -3.39. The van der Waals surface area contributed by atoms with Crippen LogP contribution >= 0.6 is 0 Å². The molecule has 31 heavy (non-hydrogen) atoms. The normalized spacial score (nSPS) is 11.8. The molecule has 3 aromatic rings. The summed E-state index contributed by atoms with van der Waals surface area (Å²) >= 11 is 0. The molecule has 0 aliphatic rings. The van der Waals surface area contributed by atoms with Crippen LogP contribution in [0.4, 0.5) is 11.6 Å². The Morgan fingerprint density at radius 1 is 1.06 bits per heavy atom. The Kier molecular flexibility index (Phi) is 6.60. The number of amides is 1. The van der Waals surface area contributed by atoms with Crippen LogP contribution in [-0.2, 0) is 14.8 Å². The first-order valence-electron chi connectivity index (χ1n) is 9.75. The molecule has 0 aliphatic heterocycles. The van der Waals surface area contributed by atoms with Gasteiger partial charge in [-0.2, -0.15) is 0 Å². The van der Waals surface area contributed by atoms with Gasteiger partial charge in [0.1, 0.15) is 10.0 Å². The second kappa shape index (κ2) is 9.18. The van der Waals surface area contributed by atoms with Crippen molar-refractivity contribution < 1.29 is 17.7 Å². The highest BCUT2D eigenvalue weighted by molar-refractivity contribution is 7.94. The van der Waals surface area contributed by atoms with Crippen molar-refractivity contribution >= 4 is 33.6 Å². The smallest absolute Gasteiger partial charge is 0.248 e. The second-order valence-electron chi connectivity index (χ2n) is 7.43. The number of aromatic nitrogens is 1. The molecular formula is C23H24N3O4S-. The average Bonchev–Trinajstić information content (AvgIpc) is 3.04. The second-order valence-corrected chi connectivity index (χ2v) is 9.04. The number of aryl methyl sites for hydroxylation is 1. The fourth-order valence-electron chi connectivity index (χ4n) is 2.71. The quantitative estimate of drug-likeness (QED) is 0.493. The maximum atomic E-state index is 12.5. The van der Waals surface area contributed by atoms with Gasteiger partial charge in [-0.25, -0.2) is 8.42 Å². The Bertz CT molecular complexity index is 1190. The fraction of sp³-hybridized carbons (Fsp3) is 0.217. The van der Waals surface area contributed by atoms with E-state index >= 15 is 0 Å². The highest BCUT2D eigenvalue weighted by Crippen LogP contribution is 2.32. The number of hydrogen-bond acceptors (Lipinski definition) is 5. The summed E-state index contributed by atoms with van der Waals surface area (Å²) in [6, 6.07) is 13.7. The number of carbonyl (C=O) groups is 1. The van der Waals surface area contributed by atoms with Crippen LogP contribution < -0.4 is 5.32 Å². The Labute approximate surface area is 182 Å². The van der Waals surface area contributed by atoms with Crippen molar-refractivity contribution in [2.45, 2.75) is 38.5 Å². The van der Waals surface area contributed by atoms with Gasteiger partial charge in [-0.1, -0.05) is 43.3 Å². The van der Waals surface area contributed by atoms with E-state index in [1.807, 2.05) is 24.3 Å². The van der Waals surface area contributed by atoms with Crippen molar-refractivity contribution in [3.63, 3.8) is 0 Å². The summed E-state index contributed by atoms with van der Waals surface area (Å²) in [5.74, 6) is 0.0900. The zero-order chi connectivity index (χ0) is 22.6. The van der Waals surface area contributed by atoms with Gasteiger partial charge in [0.05, 0.1) is 16.5 Å². The molecule has 2 aromatic carbocycles. The SMILES string of the molecule is Cc1noc([N-]S(=O)(=O)c2ccc(NC(=O)C=Cc3ccc(C(C)C)cc3)cc2)c1C. The van der Waals surface area contributed by atoms with Crippen LogP contribution in [0.15, 0.2) is 64.0 Å². The van der Waals surface area contributed by atoms with Gasteiger partial charge < -0.3 is 14.6 Å². The van der Waals surface area contributed by atoms with Crippen LogP contribution in [-0.4, -0.2) is 19.5 Å². The standard InChI is InChI=1S/C23H25N3O4S/c1-15(2)19-8-5-18(6-9-19)7-14-22(27)24-20-10-12-21(13-11-20)31(28,29)26-23-16(3)17(4)25-30-23/h5-15H,1-4H3,(H2,24,25,26,27)/p-1. The monoisotopic (exact) mass is 438 g/mol. The summed E-state index contributed by atoms with van der Waals surface area (Å²) in [4.78, 5) is 12.2. The predicted octanol–water partition coefficient (Wildman–Crippen LogP) is 5.46. The van der Waals surface area contributed by atoms with E-state index in [1.165, 1.54) is 35.9 Å². The van der Waals surface area contributed by atoms with Crippen LogP contribution in [0, 0.1) is 13.8 Å². The molecule has 8 heteroatoms. The molecule has 0 atom stereocenters. The minimum atomic E-state index is -3.96. The van der Waals surface area contributed by atoms with Crippen LogP contribution in [0.5, 0.6) is 0 Å². The van der Waals surface area contributed by atoms with E-state index in [2.05, 4.69) is 29.0 Å². The van der Waals surface area contributed by atoms with Gasteiger partial charge >= 0.3 is 0 Å². The van der Waals surface area contributed by atoms with Crippen LogP contribution in [0.2, 0.25) is 0 Å². The predicted molar refractivity (Wildman–Crippen MR) is 121 cm³/mol. The lowest BCUT2D eigenvalue weighted by molar-refractivity contribution is -0.111. The maximum Gasteiger partial charge on any atom is 0.248 e. The average molecular weight is 439 g/mol. The van der Waals surface area contributed by atoms with E-state index in [0.29, 0.717) is 22.9 Å². The highest BCUT2D eigenvalue weighted by atomic mass is 32.2. The molecule has 0 aliphatic carbocycles. The molecule has 3 rings (SSSR count). The molecule has 0 fully saturated rings. The summed E-state index contributed by atoms with van der Waals surface area (Å²) in [5.41, 5.74) is 3.77. The van der Waals surface area contributed by atoms with Gasteiger partial charge in [0.15, 0.2) is 0 Å². The van der Waals surface area contributed by atoms with E-state index in [-0.39, 0.29) is 16.7 Å². The molecule has 1 heterocycles. The lowest BCUT2D eigenvalue weighted by atomic mass is 10.0. The molecule has 0 saturated carbocycles. The van der Waals surface area contributed by atoms with Crippen molar-refractivity contribution in [2.24, 2.45) is 0 Å². The summed E-state index contributed by atoms with van der Waals surface area (Å²) in [7, 11) is -3.96. The topological polar surface area (TPSA) is 103 Å². The molecule has 1 aromatic heterocycles. The maximum absolute atomic E-state index is 12.5. The van der Waals surface area contributed by atoms with Crippen molar-refractivity contribution in [1.82, 2.24) is 5.16 Å². The fourth-order valence-corrected chi connectivity index (χ4v) is 3.68. The van der Waals surface area contributed by atoms with Crippen LogP contribution in [0.3, 0.4) is 0 Å². The Balaban J connectivity index is 1.63. The largest absolute Gasteiger partial charge is 0.539 e. The minimum Gasteiger partial charge on any atom is -0.539 e. The first-order valence-corrected chi connectivity index (χ1v) is 11.2. The number of nitrogens with zero attached hydrogens (tertiary/aromatic N) is 2. The Morgan fingerprint density at radius 2 is 1.71 bits per heavy atom. The Morgan fingerprint density at radius 3 is 2.26 bits per heavy atom. The molecular weight excluding hydrogens is 414 g/mol. The lowest BCUT2D eigenvalue weighted by Gasteiger charge is -2.19. The number of sulfonamides is 1. The summed E-state index contributed by atoms with van der Waals surface area (Å²) in [6.07, 6.45) is 3.15. The number of anilines is 1. The molecule has 0 radical (unpaired) electrons. The molecule has 0 saturated heterocycles. The zero-order valence-electron chi connectivity index (χ0n) is 17.8. The van der Waals surface area contributed by atoms with E-state index in [4.69, 9.17) is 4.52 Å². The van der Waals surface area contributed by atoms with Crippen LogP contribution in [0.25, 0.3) is 10.8 Å². The first kappa shape index (κ1) is 22.3. The number of nitrogens with one attached hydrogen (secondary N) is 1. The number of carbonyl (C=O) groups excluding carboxylic acids is 1. The molecule has 162 valence electrons. The van der Waals surface area contributed by atoms with Crippen molar-refractivity contribution in [3.05, 3.63) is 81.7 Å². The lowest BCUT2D eigenvalue weighted by Crippen LogP contribution is -2.08. The first-order chi connectivity index (χ1) is 14.7. The van der Waals surface area contributed by atoms with E-state index < -0.39 is 10.0 Å². The number of benzene rings is 2. The summed E-state index contributed by atoms with van der Waals surface area (Å²) in [5, 5.41) is 6.41. The molecule has 0 spiro atoms. The minimum absolute atomic E-state index is 0.0141. The van der Waals surface area contributed by atoms with Crippen LogP contribution in [0.1, 0.15) is 42.1 Å². The van der Waals surface area contributed by atoms with Gasteiger partial charge in [0.25, 0.3) is 0 Å². The molecule has 7 nitrogen and oxygen atoms in total. The van der Waals surface area contributed by atoms with E-state index in [0.717, 1.165) is 5.56 Å². The highest BCUT2D eigenvalue weighted by Gasteiger charge is 2.10. The third-order valence-electron chi connectivity index (χ3n) is 4.79. The zero-order valence-corrected chi connectivity index (χ0v) is 18.6.